The van der Waals surface area contributed by atoms with Crippen molar-refractivity contribution < 1.29 is 4.79 Å². The molecule has 90 valence electrons. The number of rotatable bonds is 5. The summed E-state index contributed by atoms with van der Waals surface area (Å²) in [6.07, 6.45) is 4.53. The third-order valence-corrected chi connectivity index (χ3v) is 3.29. The van der Waals surface area contributed by atoms with E-state index >= 15 is 0 Å². The summed E-state index contributed by atoms with van der Waals surface area (Å²) < 4.78 is 1.85. The van der Waals surface area contributed by atoms with Gasteiger partial charge >= 0.3 is 0 Å². The lowest BCUT2D eigenvalue weighted by Crippen LogP contribution is -2.25. The van der Waals surface area contributed by atoms with Gasteiger partial charge in [-0.15, -0.1) is 11.3 Å². The van der Waals surface area contributed by atoms with Crippen molar-refractivity contribution in [2.24, 2.45) is 0 Å². The Morgan fingerprint density at radius 1 is 1.59 bits per heavy atom. The molecule has 2 rings (SSSR count). The van der Waals surface area contributed by atoms with Crippen LogP contribution in [0, 0.1) is 6.92 Å². The van der Waals surface area contributed by atoms with Crippen LogP contribution in [0.1, 0.15) is 21.8 Å². The Bertz CT molecular complexity index is 477. The summed E-state index contributed by atoms with van der Waals surface area (Å²) in [5.41, 5.74) is 2.48. The standard InChI is InChI=1S/C11H14N4OS/c1-9-10(17-8-13-9)11(16)12-4-2-6-15-7-3-5-14-15/h3,5,7-8H,2,4,6H2,1H3,(H,12,16). The van der Waals surface area contributed by atoms with Crippen LogP contribution in [-0.4, -0.2) is 27.2 Å². The van der Waals surface area contributed by atoms with E-state index in [0.717, 1.165) is 18.7 Å². The highest BCUT2D eigenvalue weighted by Crippen LogP contribution is 2.11. The van der Waals surface area contributed by atoms with Gasteiger partial charge in [0.05, 0.1) is 11.2 Å². The quantitative estimate of drug-likeness (QED) is 0.817. The van der Waals surface area contributed by atoms with E-state index in [0.29, 0.717) is 11.4 Å². The van der Waals surface area contributed by atoms with Gasteiger partial charge in [0.15, 0.2) is 0 Å². The first-order chi connectivity index (χ1) is 8.27. The van der Waals surface area contributed by atoms with E-state index in [1.807, 2.05) is 23.9 Å². The zero-order valence-electron chi connectivity index (χ0n) is 9.59. The van der Waals surface area contributed by atoms with Crippen molar-refractivity contribution in [2.45, 2.75) is 19.9 Å². The van der Waals surface area contributed by atoms with Crippen LogP contribution >= 0.6 is 11.3 Å². The molecule has 0 saturated carbocycles. The molecule has 6 heteroatoms. The number of aromatic nitrogens is 3. The third-order valence-electron chi connectivity index (χ3n) is 2.36. The zero-order valence-corrected chi connectivity index (χ0v) is 10.4. The molecule has 1 N–H and O–H groups in total. The Morgan fingerprint density at radius 3 is 3.12 bits per heavy atom. The van der Waals surface area contributed by atoms with E-state index in [4.69, 9.17) is 0 Å². The van der Waals surface area contributed by atoms with E-state index in [-0.39, 0.29) is 5.91 Å². The number of amides is 1. The minimum atomic E-state index is -0.0366. The molecule has 0 atom stereocenters. The fourth-order valence-corrected chi connectivity index (χ4v) is 2.19. The molecule has 0 aliphatic heterocycles. The number of hydrogen-bond donors (Lipinski definition) is 1. The van der Waals surface area contributed by atoms with Gasteiger partial charge in [-0.3, -0.25) is 9.48 Å². The lowest BCUT2D eigenvalue weighted by molar-refractivity contribution is 0.0956. The highest BCUT2D eigenvalue weighted by molar-refractivity contribution is 7.11. The smallest absolute Gasteiger partial charge is 0.263 e. The number of nitrogens with one attached hydrogen (secondary N) is 1. The minimum Gasteiger partial charge on any atom is -0.351 e. The Labute approximate surface area is 103 Å². The van der Waals surface area contributed by atoms with Crippen LogP contribution in [0.3, 0.4) is 0 Å². The molecule has 1 amide bonds. The van der Waals surface area contributed by atoms with Crippen LogP contribution in [0.15, 0.2) is 24.0 Å². The first kappa shape index (κ1) is 11.8. The molecule has 5 nitrogen and oxygen atoms in total. The van der Waals surface area contributed by atoms with Crippen LogP contribution in [0.2, 0.25) is 0 Å². The lowest BCUT2D eigenvalue weighted by Gasteiger charge is -2.04. The summed E-state index contributed by atoms with van der Waals surface area (Å²) in [6.45, 7) is 3.31. The zero-order chi connectivity index (χ0) is 12.1. The van der Waals surface area contributed by atoms with E-state index < -0.39 is 0 Å². The summed E-state index contributed by atoms with van der Waals surface area (Å²) in [6, 6.07) is 1.89. The van der Waals surface area contributed by atoms with Gasteiger partial charge in [-0.2, -0.15) is 5.10 Å². The normalized spacial score (nSPS) is 10.4. The molecular weight excluding hydrogens is 236 g/mol. The second kappa shape index (κ2) is 5.58. The fourth-order valence-electron chi connectivity index (χ4n) is 1.48. The number of hydrogen-bond acceptors (Lipinski definition) is 4. The molecule has 0 unspecified atom stereocenters. The summed E-state index contributed by atoms with van der Waals surface area (Å²) in [5, 5.41) is 6.97. The molecule has 0 bridgehead atoms. The molecule has 0 spiro atoms. The molecule has 2 aromatic heterocycles. The lowest BCUT2D eigenvalue weighted by atomic mass is 10.3. The van der Waals surface area contributed by atoms with Gasteiger partial charge in [-0.25, -0.2) is 4.98 Å². The van der Waals surface area contributed by atoms with Crippen molar-refractivity contribution in [2.75, 3.05) is 6.54 Å². The highest BCUT2D eigenvalue weighted by atomic mass is 32.1. The monoisotopic (exact) mass is 250 g/mol. The van der Waals surface area contributed by atoms with E-state index in [2.05, 4.69) is 15.4 Å². The number of carbonyl (C=O) groups excluding carboxylic acids is 1. The van der Waals surface area contributed by atoms with Crippen molar-refractivity contribution in [1.82, 2.24) is 20.1 Å². The minimum absolute atomic E-state index is 0.0366. The van der Waals surface area contributed by atoms with Crippen LogP contribution in [0.5, 0.6) is 0 Å². The second-order valence-electron chi connectivity index (χ2n) is 3.65. The first-order valence-corrected chi connectivity index (χ1v) is 6.31. The maximum Gasteiger partial charge on any atom is 0.263 e. The predicted molar refractivity (Wildman–Crippen MR) is 66.0 cm³/mol. The molecular formula is C11H14N4OS. The van der Waals surface area contributed by atoms with Gasteiger partial charge in [0.2, 0.25) is 0 Å². The SMILES string of the molecule is Cc1ncsc1C(=O)NCCCn1cccn1. The number of nitrogens with zero attached hydrogens (tertiary/aromatic N) is 3. The van der Waals surface area contributed by atoms with Crippen LogP contribution in [0.25, 0.3) is 0 Å². The average molecular weight is 250 g/mol. The predicted octanol–water partition coefficient (Wildman–Crippen LogP) is 1.47. The summed E-state index contributed by atoms with van der Waals surface area (Å²) in [7, 11) is 0. The largest absolute Gasteiger partial charge is 0.351 e. The Kier molecular flexibility index (Phi) is 3.87. The van der Waals surface area contributed by atoms with E-state index in [9.17, 15) is 4.79 Å². The molecule has 0 aliphatic rings. The molecule has 0 saturated heterocycles. The molecule has 2 heterocycles. The average Bonchev–Trinajstić information content (AvgIpc) is 2.95. The molecule has 0 aliphatic carbocycles. The number of carbonyl (C=O) groups is 1. The van der Waals surface area contributed by atoms with Gasteiger partial charge in [0.1, 0.15) is 4.88 Å². The summed E-state index contributed by atoms with van der Waals surface area (Å²) >= 11 is 1.37. The highest BCUT2D eigenvalue weighted by Gasteiger charge is 2.10. The maximum atomic E-state index is 11.7. The van der Waals surface area contributed by atoms with Gasteiger partial charge in [0, 0.05) is 25.5 Å². The van der Waals surface area contributed by atoms with E-state index in [1.54, 1.807) is 11.7 Å². The second-order valence-corrected chi connectivity index (χ2v) is 4.50. The van der Waals surface area contributed by atoms with Crippen LogP contribution in [-0.2, 0) is 6.54 Å². The van der Waals surface area contributed by atoms with Gasteiger partial charge in [-0.1, -0.05) is 0 Å². The molecule has 0 fully saturated rings. The van der Waals surface area contributed by atoms with Crippen molar-refractivity contribution in [3.8, 4) is 0 Å². The summed E-state index contributed by atoms with van der Waals surface area (Å²) in [4.78, 5) is 16.5. The first-order valence-electron chi connectivity index (χ1n) is 5.43. The van der Waals surface area contributed by atoms with Gasteiger partial charge < -0.3 is 5.32 Å². The van der Waals surface area contributed by atoms with Crippen LogP contribution < -0.4 is 5.32 Å². The Balaban J connectivity index is 1.72. The third kappa shape index (κ3) is 3.13. The molecule has 2 aromatic rings. The van der Waals surface area contributed by atoms with Crippen molar-refractivity contribution in [1.29, 1.82) is 0 Å². The number of aryl methyl sites for hydroxylation is 2. The number of thiazole rings is 1. The Hall–Kier alpha value is -1.69. The van der Waals surface area contributed by atoms with Gasteiger partial charge in [0.25, 0.3) is 5.91 Å². The van der Waals surface area contributed by atoms with Crippen LogP contribution in [0.4, 0.5) is 0 Å². The molecule has 0 aromatic carbocycles. The molecule has 17 heavy (non-hydrogen) atoms. The molecule has 0 radical (unpaired) electrons. The van der Waals surface area contributed by atoms with Crippen molar-refractivity contribution in [3.05, 3.63) is 34.5 Å². The maximum absolute atomic E-state index is 11.7. The van der Waals surface area contributed by atoms with E-state index in [1.165, 1.54) is 11.3 Å². The van der Waals surface area contributed by atoms with Crippen molar-refractivity contribution >= 4 is 17.2 Å². The fraction of sp³-hybridized carbons (Fsp3) is 0.364. The Morgan fingerprint density at radius 2 is 2.47 bits per heavy atom. The topological polar surface area (TPSA) is 59.8 Å². The summed E-state index contributed by atoms with van der Waals surface area (Å²) in [5.74, 6) is -0.0366. The van der Waals surface area contributed by atoms with Crippen molar-refractivity contribution in [3.63, 3.8) is 0 Å². The van der Waals surface area contributed by atoms with Gasteiger partial charge in [-0.05, 0) is 19.4 Å².